The van der Waals surface area contributed by atoms with Gasteiger partial charge in [-0.3, -0.25) is 9.59 Å². The van der Waals surface area contributed by atoms with Gasteiger partial charge in [-0.25, -0.2) is 8.42 Å². The van der Waals surface area contributed by atoms with Crippen LogP contribution in [0.15, 0.2) is 53.4 Å². The highest BCUT2D eigenvalue weighted by Gasteiger charge is 2.36. The van der Waals surface area contributed by atoms with Gasteiger partial charge < -0.3 is 10.2 Å². The second-order valence-electron chi connectivity index (χ2n) is 9.57. The van der Waals surface area contributed by atoms with Crippen molar-refractivity contribution in [3.8, 4) is 0 Å². The third-order valence-corrected chi connectivity index (χ3v) is 8.46. The van der Waals surface area contributed by atoms with Gasteiger partial charge in [0.25, 0.3) is 5.91 Å². The summed E-state index contributed by atoms with van der Waals surface area (Å²) in [6.45, 7) is 5.55. The Bertz CT molecular complexity index is 1140. The minimum absolute atomic E-state index is 0.129. The second kappa shape index (κ2) is 10.3. The van der Waals surface area contributed by atoms with Crippen LogP contribution in [0.1, 0.15) is 61.9 Å². The smallest absolute Gasteiger partial charge is 0.255 e. The zero-order valence-corrected chi connectivity index (χ0v) is 20.7. The predicted octanol–water partition coefficient (Wildman–Crippen LogP) is 4.26. The maximum absolute atomic E-state index is 13.3. The fourth-order valence-corrected chi connectivity index (χ4v) is 6.23. The Morgan fingerprint density at radius 2 is 1.62 bits per heavy atom. The number of nitrogens with zero attached hydrogens (tertiary/aromatic N) is 2. The minimum Gasteiger partial charge on any atom is -0.324 e. The van der Waals surface area contributed by atoms with Crippen LogP contribution in [0.5, 0.6) is 0 Å². The summed E-state index contributed by atoms with van der Waals surface area (Å²) in [5.41, 5.74) is 2.09. The van der Waals surface area contributed by atoms with Crippen molar-refractivity contribution in [2.75, 3.05) is 18.4 Å². The van der Waals surface area contributed by atoms with Crippen molar-refractivity contribution in [1.82, 2.24) is 9.21 Å². The molecule has 1 N–H and O–H groups in total. The molecule has 34 heavy (non-hydrogen) atoms. The lowest BCUT2D eigenvalue weighted by Crippen LogP contribution is -2.45. The molecule has 182 valence electrons. The zero-order chi connectivity index (χ0) is 24.3. The highest BCUT2D eigenvalue weighted by Crippen LogP contribution is 2.28. The van der Waals surface area contributed by atoms with Crippen LogP contribution >= 0.6 is 0 Å². The van der Waals surface area contributed by atoms with E-state index < -0.39 is 16.1 Å². The van der Waals surface area contributed by atoms with Crippen molar-refractivity contribution in [2.45, 2.75) is 63.4 Å². The Balaban J connectivity index is 1.48. The van der Waals surface area contributed by atoms with Crippen LogP contribution in [0.3, 0.4) is 0 Å². The first-order chi connectivity index (χ1) is 16.3. The average molecular weight is 484 g/mol. The predicted molar refractivity (Wildman–Crippen MR) is 132 cm³/mol. The first kappa shape index (κ1) is 24.4. The van der Waals surface area contributed by atoms with E-state index >= 15 is 0 Å². The highest BCUT2D eigenvalue weighted by molar-refractivity contribution is 7.89. The van der Waals surface area contributed by atoms with Crippen LogP contribution in [-0.2, 0) is 21.4 Å². The molecule has 2 aliphatic rings. The Labute approximate surface area is 202 Å². The fourth-order valence-electron chi connectivity index (χ4n) is 4.72. The van der Waals surface area contributed by atoms with Crippen molar-refractivity contribution < 1.29 is 18.0 Å². The number of fused-ring (bicyclic) bond motifs is 1. The largest absolute Gasteiger partial charge is 0.324 e. The van der Waals surface area contributed by atoms with Crippen LogP contribution in [-0.4, -0.2) is 48.6 Å². The Morgan fingerprint density at radius 3 is 2.24 bits per heavy atom. The molecule has 2 aromatic carbocycles. The number of hydrogen-bond donors (Lipinski definition) is 1. The van der Waals surface area contributed by atoms with Gasteiger partial charge in [0, 0.05) is 30.9 Å². The molecule has 2 amide bonds. The lowest BCUT2D eigenvalue weighted by molar-refractivity contribution is -0.121. The first-order valence-electron chi connectivity index (χ1n) is 12.1. The monoisotopic (exact) mass is 483 g/mol. The number of nitrogens with one attached hydrogen (secondary N) is 1. The second-order valence-corrected chi connectivity index (χ2v) is 11.5. The van der Waals surface area contributed by atoms with Crippen LogP contribution < -0.4 is 5.32 Å². The van der Waals surface area contributed by atoms with E-state index in [-0.39, 0.29) is 22.6 Å². The van der Waals surface area contributed by atoms with E-state index in [2.05, 4.69) is 5.32 Å². The molecule has 2 aliphatic heterocycles. The molecule has 1 fully saturated rings. The molecule has 4 rings (SSSR count). The highest BCUT2D eigenvalue weighted by atomic mass is 32.2. The zero-order valence-electron chi connectivity index (χ0n) is 19.9. The number of sulfonamides is 1. The molecule has 1 atom stereocenters. The summed E-state index contributed by atoms with van der Waals surface area (Å²) >= 11 is 0. The van der Waals surface area contributed by atoms with E-state index in [1.54, 1.807) is 39.5 Å². The number of rotatable bonds is 7. The summed E-state index contributed by atoms with van der Waals surface area (Å²) in [6.07, 6.45) is 4.40. The minimum atomic E-state index is -3.55. The lowest BCUT2D eigenvalue weighted by Gasteiger charge is -2.28. The number of carbonyl (C=O) groups is 2. The average Bonchev–Trinajstić information content (AvgIpc) is 2.98. The van der Waals surface area contributed by atoms with Gasteiger partial charge in [-0.1, -0.05) is 44.9 Å². The third-order valence-electron chi connectivity index (χ3n) is 6.55. The van der Waals surface area contributed by atoms with Gasteiger partial charge in [-0.2, -0.15) is 4.31 Å². The molecule has 0 unspecified atom stereocenters. The summed E-state index contributed by atoms with van der Waals surface area (Å²) in [6, 6.07) is 13.2. The molecule has 0 bridgehead atoms. The molecule has 2 aromatic rings. The fraction of sp³-hybridized carbons (Fsp3) is 0.462. The number of benzene rings is 2. The van der Waals surface area contributed by atoms with Gasteiger partial charge >= 0.3 is 0 Å². The van der Waals surface area contributed by atoms with Crippen LogP contribution in [0, 0.1) is 5.92 Å². The van der Waals surface area contributed by atoms with Crippen LogP contribution in [0.2, 0.25) is 0 Å². The summed E-state index contributed by atoms with van der Waals surface area (Å²) in [7, 11) is -3.55. The Morgan fingerprint density at radius 1 is 0.971 bits per heavy atom. The normalized spacial score (nSPS) is 18.0. The van der Waals surface area contributed by atoms with Gasteiger partial charge in [0.05, 0.1) is 4.90 Å². The third kappa shape index (κ3) is 5.18. The molecule has 8 heteroatoms. The number of hydrogen-bond acceptors (Lipinski definition) is 4. The summed E-state index contributed by atoms with van der Waals surface area (Å²) < 4.78 is 27.6. The van der Waals surface area contributed by atoms with E-state index in [0.29, 0.717) is 37.3 Å². The number of carbonyl (C=O) groups excluding carboxylic acids is 2. The first-order valence-corrected chi connectivity index (χ1v) is 13.5. The number of amides is 2. The Hall–Kier alpha value is -2.71. The molecule has 0 saturated carbocycles. The maximum Gasteiger partial charge on any atom is 0.255 e. The molecular formula is C26H33N3O4S. The summed E-state index contributed by atoms with van der Waals surface area (Å²) in [5, 5.41) is 2.90. The van der Waals surface area contributed by atoms with Crippen LogP contribution in [0.4, 0.5) is 5.69 Å². The molecule has 0 spiro atoms. The Kier molecular flexibility index (Phi) is 7.38. The van der Waals surface area contributed by atoms with Gasteiger partial charge in [-0.15, -0.1) is 0 Å². The van der Waals surface area contributed by atoms with E-state index in [9.17, 15) is 18.0 Å². The molecule has 2 heterocycles. The van der Waals surface area contributed by atoms with E-state index in [4.69, 9.17) is 0 Å². The molecule has 0 radical (unpaired) electrons. The van der Waals surface area contributed by atoms with Crippen LogP contribution in [0.25, 0.3) is 0 Å². The van der Waals surface area contributed by atoms with Crippen molar-refractivity contribution >= 4 is 27.5 Å². The molecule has 7 nitrogen and oxygen atoms in total. The van der Waals surface area contributed by atoms with Gasteiger partial charge in [0.15, 0.2) is 0 Å². The SMILES string of the molecule is CC(C)C[C@@H](C(=O)Nc1ccc(S(=O)(=O)N2CCCCCC2)cc1)N1Cc2ccccc2C1=O. The lowest BCUT2D eigenvalue weighted by atomic mass is 10.0. The summed E-state index contributed by atoms with van der Waals surface area (Å²) in [5.74, 6) is -0.179. The molecule has 1 saturated heterocycles. The van der Waals surface area contributed by atoms with Crippen molar-refractivity contribution in [2.24, 2.45) is 5.92 Å². The maximum atomic E-state index is 13.3. The van der Waals surface area contributed by atoms with E-state index in [1.807, 2.05) is 32.0 Å². The standard InChI is InChI=1S/C26H33N3O4S/c1-19(2)17-24(29-18-20-9-5-6-10-23(20)26(29)31)25(30)27-21-11-13-22(14-12-21)34(32,33)28-15-7-3-4-8-16-28/h5-6,9-14,19,24H,3-4,7-8,15-18H2,1-2H3,(H,27,30)/t24-/m0/s1. The number of anilines is 1. The molecular weight excluding hydrogens is 450 g/mol. The molecule has 0 aliphatic carbocycles. The molecule has 0 aromatic heterocycles. The quantitative estimate of drug-likeness (QED) is 0.638. The van der Waals surface area contributed by atoms with E-state index in [0.717, 1.165) is 31.2 Å². The van der Waals surface area contributed by atoms with Crippen molar-refractivity contribution in [3.05, 3.63) is 59.7 Å². The van der Waals surface area contributed by atoms with Gasteiger partial charge in [0.2, 0.25) is 15.9 Å². The van der Waals surface area contributed by atoms with Crippen molar-refractivity contribution in [3.63, 3.8) is 0 Å². The van der Waals surface area contributed by atoms with Gasteiger partial charge in [-0.05, 0) is 61.1 Å². The summed E-state index contributed by atoms with van der Waals surface area (Å²) in [4.78, 5) is 28.1. The van der Waals surface area contributed by atoms with Crippen molar-refractivity contribution in [1.29, 1.82) is 0 Å². The van der Waals surface area contributed by atoms with Gasteiger partial charge in [0.1, 0.15) is 6.04 Å². The van der Waals surface area contributed by atoms with E-state index in [1.165, 1.54) is 0 Å². The topological polar surface area (TPSA) is 86.8 Å².